The van der Waals surface area contributed by atoms with Crippen LogP contribution >= 0.6 is 0 Å². The van der Waals surface area contributed by atoms with Crippen LogP contribution in [0.5, 0.6) is 0 Å². The molecule has 2 aromatic rings. The summed E-state index contributed by atoms with van der Waals surface area (Å²) < 4.78 is 0. The van der Waals surface area contributed by atoms with Gasteiger partial charge in [-0.15, -0.1) is 0 Å². The molecule has 1 heterocycles. The summed E-state index contributed by atoms with van der Waals surface area (Å²) in [6.45, 7) is 3.03. The molecule has 1 amide bonds. The van der Waals surface area contributed by atoms with Crippen LogP contribution in [0.2, 0.25) is 0 Å². The zero-order valence-electron chi connectivity index (χ0n) is 16.1. The van der Waals surface area contributed by atoms with Crippen molar-refractivity contribution in [3.8, 4) is 0 Å². The molecule has 2 saturated carbocycles. The summed E-state index contributed by atoms with van der Waals surface area (Å²) in [6.07, 6.45) is 2.93. The Balaban J connectivity index is 1.22. The van der Waals surface area contributed by atoms with Gasteiger partial charge in [0.15, 0.2) is 5.60 Å². The van der Waals surface area contributed by atoms with E-state index < -0.39 is 5.60 Å². The molecule has 28 heavy (non-hydrogen) atoms. The second kappa shape index (κ2) is 7.02. The summed E-state index contributed by atoms with van der Waals surface area (Å²) in [5, 5.41) is 14.6. The molecule has 2 unspecified atom stereocenters. The predicted molar refractivity (Wildman–Crippen MR) is 108 cm³/mol. The number of amides is 1. The number of fused-ring (bicyclic) bond motifs is 1. The average molecular weight is 377 g/mol. The van der Waals surface area contributed by atoms with Crippen LogP contribution in [0.15, 0.2) is 60.7 Å². The molecule has 0 bridgehead atoms. The summed E-state index contributed by atoms with van der Waals surface area (Å²) in [7, 11) is 0. The van der Waals surface area contributed by atoms with Crippen LogP contribution in [0, 0.1) is 17.8 Å². The standard InChI is InChI=1S/C24H28N2O2/c27-23(24(28,19-12-7-13-19)18-10-5-2-6-11-18)25-22-20-15-26(16-21(20)22)14-17-8-3-1-4-9-17/h1-6,8-11,19-22,28H,7,12-16H2,(H,25,27)/t20-,21?,22+,24?/m0/s1. The highest BCUT2D eigenvalue weighted by atomic mass is 16.3. The minimum Gasteiger partial charge on any atom is -0.375 e. The van der Waals surface area contributed by atoms with E-state index in [1.165, 1.54) is 5.56 Å². The predicted octanol–water partition coefficient (Wildman–Crippen LogP) is 2.92. The number of benzene rings is 2. The van der Waals surface area contributed by atoms with Gasteiger partial charge in [0.2, 0.25) is 0 Å². The fourth-order valence-electron chi connectivity index (χ4n) is 5.13. The van der Waals surface area contributed by atoms with E-state index in [2.05, 4.69) is 34.5 Å². The van der Waals surface area contributed by atoms with E-state index in [9.17, 15) is 9.90 Å². The van der Waals surface area contributed by atoms with Crippen molar-refractivity contribution in [3.63, 3.8) is 0 Å². The monoisotopic (exact) mass is 376 g/mol. The SMILES string of the molecule is O=C(N[C@H]1C2CN(Cc3ccccc3)C[C@@H]21)C(O)(c1ccccc1)C1CCC1. The van der Waals surface area contributed by atoms with Gasteiger partial charge in [-0.25, -0.2) is 0 Å². The Bertz CT molecular complexity index is 824. The summed E-state index contributed by atoms with van der Waals surface area (Å²) in [6, 6.07) is 20.3. The lowest BCUT2D eigenvalue weighted by Gasteiger charge is -2.40. The number of nitrogens with one attached hydrogen (secondary N) is 1. The molecule has 1 aliphatic heterocycles. The fraction of sp³-hybridized carbons (Fsp3) is 0.458. The molecule has 0 aromatic heterocycles. The van der Waals surface area contributed by atoms with Crippen molar-refractivity contribution in [2.24, 2.45) is 17.8 Å². The zero-order chi connectivity index (χ0) is 19.1. The highest BCUT2D eigenvalue weighted by Gasteiger charge is 2.58. The molecule has 4 nitrogen and oxygen atoms in total. The molecule has 0 spiro atoms. The van der Waals surface area contributed by atoms with Gasteiger partial charge in [0.05, 0.1) is 0 Å². The van der Waals surface area contributed by atoms with Crippen molar-refractivity contribution < 1.29 is 9.90 Å². The maximum absolute atomic E-state index is 13.2. The zero-order valence-corrected chi connectivity index (χ0v) is 16.1. The lowest BCUT2D eigenvalue weighted by atomic mass is 9.69. The lowest BCUT2D eigenvalue weighted by Crippen LogP contribution is -2.53. The molecule has 146 valence electrons. The van der Waals surface area contributed by atoms with Crippen LogP contribution < -0.4 is 5.32 Å². The second-order valence-corrected chi connectivity index (χ2v) is 8.77. The van der Waals surface area contributed by atoms with Crippen LogP contribution in [0.3, 0.4) is 0 Å². The van der Waals surface area contributed by atoms with Gasteiger partial charge in [-0.3, -0.25) is 9.69 Å². The number of hydrogen-bond acceptors (Lipinski definition) is 3. The Morgan fingerprint density at radius 1 is 1.00 bits per heavy atom. The van der Waals surface area contributed by atoms with Crippen LogP contribution in [0.1, 0.15) is 30.4 Å². The quantitative estimate of drug-likeness (QED) is 0.815. The molecule has 1 saturated heterocycles. The summed E-state index contributed by atoms with van der Waals surface area (Å²) in [5.41, 5.74) is 0.682. The van der Waals surface area contributed by atoms with E-state index in [4.69, 9.17) is 0 Å². The Labute approximate surface area is 166 Å². The summed E-state index contributed by atoms with van der Waals surface area (Å²) in [5.74, 6) is 0.878. The van der Waals surface area contributed by atoms with Crippen LogP contribution in [0.25, 0.3) is 0 Å². The van der Waals surface area contributed by atoms with Gasteiger partial charge >= 0.3 is 0 Å². The van der Waals surface area contributed by atoms with E-state index in [1.54, 1.807) is 0 Å². The second-order valence-electron chi connectivity index (χ2n) is 8.77. The fourth-order valence-corrected chi connectivity index (χ4v) is 5.13. The number of carbonyl (C=O) groups is 1. The van der Waals surface area contributed by atoms with E-state index in [1.807, 2.05) is 36.4 Å². The smallest absolute Gasteiger partial charge is 0.257 e. The van der Waals surface area contributed by atoms with Crippen molar-refractivity contribution in [2.45, 2.75) is 37.5 Å². The first-order valence-corrected chi connectivity index (χ1v) is 10.5. The van der Waals surface area contributed by atoms with Crippen molar-refractivity contribution in [1.29, 1.82) is 0 Å². The average Bonchev–Trinajstić information content (AvgIpc) is 3.11. The number of rotatable bonds is 6. The number of carbonyl (C=O) groups excluding carboxylic acids is 1. The van der Waals surface area contributed by atoms with Crippen LogP contribution in [0.4, 0.5) is 0 Å². The Hall–Kier alpha value is -2.17. The molecule has 4 heteroatoms. The Kier molecular flexibility index (Phi) is 4.48. The molecule has 5 rings (SSSR count). The summed E-state index contributed by atoms with van der Waals surface area (Å²) in [4.78, 5) is 15.7. The largest absolute Gasteiger partial charge is 0.375 e. The van der Waals surface area contributed by atoms with Gasteiger partial charge in [-0.05, 0) is 35.8 Å². The molecular formula is C24H28N2O2. The summed E-state index contributed by atoms with van der Waals surface area (Å²) >= 11 is 0. The molecule has 2 N–H and O–H groups in total. The maximum Gasteiger partial charge on any atom is 0.257 e. The Morgan fingerprint density at radius 3 is 2.18 bits per heavy atom. The maximum atomic E-state index is 13.2. The lowest BCUT2D eigenvalue weighted by molar-refractivity contribution is -0.152. The number of aliphatic hydroxyl groups is 1. The van der Waals surface area contributed by atoms with E-state index in [0.717, 1.165) is 44.5 Å². The minimum atomic E-state index is -1.39. The molecule has 2 aromatic carbocycles. The van der Waals surface area contributed by atoms with Gasteiger partial charge in [-0.1, -0.05) is 67.1 Å². The topological polar surface area (TPSA) is 52.6 Å². The first-order valence-electron chi connectivity index (χ1n) is 10.5. The van der Waals surface area contributed by atoms with Gasteiger partial charge in [-0.2, -0.15) is 0 Å². The van der Waals surface area contributed by atoms with Gasteiger partial charge in [0.25, 0.3) is 5.91 Å². The first kappa shape index (κ1) is 17.9. The third-order valence-electron chi connectivity index (χ3n) is 7.07. The molecular weight excluding hydrogens is 348 g/mol. The van der Waals surface area contributed by atoms with Crippen molar-refractivity contribution in [1.82, 2.24) is 10.2 Å². The van der Waals surface area contributed by atoms with Gasteiger partial charge in [0, 0.05) is 31.6 Å². The molecule has 0 radical (unpaired) electrons. The van der Waals surface area contributed by atoms with Crippen molar-refractivity contribution in [3.05, 3.63) is 71.8 Å². The normalized spacial score (nSPS) is 28.8. The molecule has 3 aliphatic rings. The number of nitrogens with zero attached hydrogens (tertiary/aromatic N) is 1. The van der Waals surface area contributed by atoms with Crippen molar-refractivity contribution in [2.75, 3.05) is 13.1 Å². The highest BCUT2D eigenvalue weighted by Crippen LogP contribution is 2.48. The molecule has 3 fully saturated rings. The van der Waals surface area contributed by atoms with E-state index in [0.29, 0.717) is 11.8 Å². The number of likely N-dealkylation sites (tertiary alicyclic amines) is 1. The van der Waals surface area contributed by atoms with E-state index >= 15 is 0 Å². The van der Waals surface area contributed by atoms with Crippen LogP contribution in [-0.4, -0.2) is 35.0 Å². The van der Waals surface area contributed by atoms with Crippen molar-refractivity contribution >= 4 is 5.91 Å². The third-order valence-corrected chi connectivity index (χ3v) is 7.07. The minimum absolute atomic E-state index is 0.0306. The third kappa shape index (κ3) is 3.05. The van der Waals surface area contributed by atoms with Gasteiger partial charge < -0.3 is 10.4 Å². The van der Waals surface area contributed by atoms with Gasteiger partial charge in [0.1, 0.15) is 0 Å². The van der Waals surface area contributed by atoms with E-state index in [-0.39, 0.29) is 17.9 Å². The van der Waals surface area contributed by atoms with Crippen LogP contribution in [-0.2, 0) is 16.9 Å². The molecule has 4 atom stereocenters. The number of piperidine rings is 1. The Morgan fingerprint density at radius 2 is 1.61 bits per heavy atom. The highest BCUT2D eigenvalue weighted by molar-refractivity contribution is 5.87. The molecule has 2 aliphatic carbocycles. The number of hydrogen-bond donors (Lipinski definition) is 2. The first-order chi connectivity index (χ1) is 13.7.